The van der Waals surface area contributed by atoms with Crippen molar-refractivity contribution >= 4 is 16.5 Å². The van der Waals surface area contributed by atoms with E-state index in [1.54, 1.807) is 18.0 Å². The van der Waals surface area contributed by atoms with Crippen molar-refractivity contribution in [2.75, 3.05) is 12.8 Å². The van der Waals surface area contributed by atoms with Gasteiger partial charge < -0.3 is 10.5 Å². The molecule has 0 atom stereocenters. The van der Waals surface area contributed by atoms with E-state index in [-0.39, 0.29) is 0 Å². The smallest absolute Gasteiger partial charge is 0.161 e. The number of nitrogens with two attached hydrogens (primary N) is 1. The van der Waals surface area contributed by atoms with Crippen LogP contribution in [0.2, 0.25) is 0 Å². The van der Waals surface area contributed by atoms with Crippen LogP contribution in [0.5, 0.6) is 5.75 Å². The van der Waals surface area contributed by atoms with Gasteiger partial charge in [0, 0.05) is 17.0 Å². The average molecular weight is 268 g/mol. The van der Waals surface area contributed by atoms with Crippen LogP contribution < -0.4 is 10.5 Å². The SMILES string of the molecule is COc1cccc2c(-n3nc(C)c(N)c3C)nccc12. The highest BCUT2D eigenvalue weighted by molar-refractivity contribution is 5.93. The van der Waals surface area contributed by atoms with Crippen molar-refractivity contribution in [3.8, 4) is 11.6 Å². The van der Waals surface area contributed by atoms with Gasteiger partial charge in [0.15, 0.2) is 5.82 Å². The summed E-state index contributed by atoms with van der Waals surface area (Å²) >= 11 is 0. The number of hydrogen-bond acceptors (Lipinski definition) is 4. The van der Waals surface area contributed by atoms with E-state index in [1.165, 1.54) is 0 Å². The molecule has 3 rings (SSSR count). The molecule has 2 heterocycles. The number of fused-ring (bicyclic) bond motifs is 1. The molecule has 0 aliphatic carbocycles. The van der Waals surface area contributed by atoms with Crippen molar-refractivity contribution in [1.29, 1.82) is 0 Å². The molecule has 0 aliphatic rings. The van der Waals surface area contributed by atoms with Gasteiger partial charge in [0.05, 0.1) is 24.2 Å². The number of nitrogen functional groups attached to an aromatic ring is 1. The van der Waals surface area contributed by atoms with Crippen LogP contribution in [0.1, 0.15) is 11.4 Å². The van der Waals surface area contributed by atoms with Crippen molar-refractivity contribution in [2.45, 2.75) is 13.8 Å². The maximum Gasteiger partial charge on any atom is 0.161 e. The zero-order chi connectivity index (χ0) is 14.3. The van der Waals surface area contributed by atoms with Gasteiger partial charge in [-0.25, -0.2) is 9.67 Å². The highest BCUT2D eigenvalue weighted by Crippen LogP contribution is 2.29. The normalized spacial score (nSPS) is 10.9. The number of methoxy groups -OCH3 is 1. The number of aromatic nitrogens is 3. The monoisotopic (exact) mass is 268 g/mol. The highest BCUT2D eigenvalue weighted by Gasteiger charge is 2.14. The lowest BCUT2D eigenvalue weighted by atomic mass is 10.1. The number of hydrogen-bond donors (Lipinski definition) is 1. The lowest BCUT2D eigenvalue weighted by molar-refractivity contribution is 0.420. The fourth-order valence-electron chi connectivity index (χ4n) is 2.37. The molecule has 102 valence electrons. The Morgan fingerprint density at radius 2 is 1.95 bits per heavy atom. The van der Waals surface area contributed by atoms with Gasteiger partial charge in [-0.15, -0.1) is 0 Å². The predicted octanol–water partition coefficient (Wildman–Crippen LogP) is 2.63. The van der Waals surface area contributed by atoms with Gasteiger partial charge in [-0.2, -0.15) is 5.10 Å². The minimum absolute atomic E-state index is 0.701. The maximum absolute atomic E-state index is 6.00. The zero-order valence-corrected chi connectivity index (χ0v) is 11.7. The van der Waals surface area contributed by atoms with Crippen LogP contribution in [0.25, 0.3) is 16.6 Å². The summed E-state index contributed by atoms with van der Waals surface area (Å²) in [6.07, 6.45) is 1.76. The molecule has 1 aromatic carbocycles. The number of ether oxygens (including phenoxy) is 1. The van der Waals surface area contributed by atoms with Gasteiger partial charge in [0.25, 0.3) is 0 Å². The third kappa shape index (κ3) is 1.71. The summed E-state index contributed by atoms with van der Waals surface area (Å²) in [7, 11) is 1.66. The number of pyridine rings is 1. The third-order valence-corrected chi connectivity index (χ3v) is 3.51. The molecule has 0 unspecified atom stereocenters. The van der Waals surface area contributed by atoms with Crippen LogP contribution in [-0.4, -0.2) is 21.9 Å². The highest BCUT2D eigenvalue weighted by atomic mass is 16.5. The first-order valence-corrected chi connectivity index (χ1v) is 6.37. The molecule has 0 bridgehead atoms. The first kappa shape index (κ1) is 12.5. The molecule has 5 heteroatoms. The van der Waals surface area contributed by atoms with Crippen molar-refractivity contribution in [3.05, 3.63) is 41.9 Å². The van der Waals surface area contributed by atoms with Gasteiger partial charge >= 0.3 is 0 Å². The number of anilines is 1. The average Bonchev–Trinajstić information content (AvgIpc) is 2.73. The fourth-order valence-corrected chi connectivity index (χ4v) is 2.37. The minimum Gasteiger partial charge on any atom is -0.496 e. The molecule has 20 heavy (non-hydrogen) atoms. The quantitative estimate of drug-likeness (QED) is 0.776. The maximum atomic E-state index is 6.00. The first-order chi connectivity index (χ1) is 9.63. The van der Waals surface area contributed by atoms with Crippen LogP contribution in [0.15, 0.2) is 30.5 Å². The molecular weight excluding hydrogens is 252 g/mol. The largest absolute Gasteiger partial charge is 0.496 e. The summed E-state index contributed by atoms with van der Waals surface area (Å²) in [6, 6.07) is 7.82. The number of benzene rings is 1. The molecule has 0 aliphatic heterocycles. The molecule has 0 radical (unpaired) electrons. The Bertz CT molecular complexity index is 792. The number of aryl methyl sites for hydroxylation is 1. The summed E-state index contributed by atoms with van der Waals surface area (Å²) < 4.78 is 7.18. The number of nitrogens with zero attached hydrogens (tertiary/aromatic N) is 3. The van der Waals surface area contributed by atoms with E-state index in [0.29, 0.717) is 5.69 Å². The third-order valence-electron chi connectivity index (χ3n) is 3.51. The van der Waals surface area contributed by atoms with E-state index >= 15 is 0 Å². The fraction of sp³-hybridized carbons (Fsp3) is 0.200. The van der Waals surface area contributed by atoms with E-state index in [0.717, 1.165) is 33.7 Å². The van der Waals surface area contributed by atoms with E-state index in [9.17, 15) is 0 Å². The lowest BCUT2D eigenvalue weighted by Crippen LogP contribution is -2.03. The Kier molecular flexibility index (Phi) is 2.82. The molecule has 0 fully saturated rings. The Hall–Kier alpha value is -2.56. The van der Waals surface area contributed by atoms with Crippen LogP contribution in [0.4, 0.5) is 5.69 Å². The molecule has 5 nitrogen and oxygen atoms in total. The summed E-state index contributed by atoms with van der Waals surface area (Å²) in [5, 5.41) is 6.46. The summed E-state index contributed by atoms with van der Waals surface area (Å²) in [4.78, 5) is 4.46. The molecule has 2 aromatic heterocycles. The van der Waals surface area contributed by atoms with Crippen LogP contribution >= 0.6 is 0 Å². The molecule has 0 amide bonds. The van der Waals surface area contributed by atoms with Gasteiger partial charge in [-0.3, -0.25) is 0 Å². The topological polar surface area (TPSA) is 66.0 Å². The molecular formula is C15H16N4O. The minimum atomic E-state index is 0.701. The van der Waals surface area contributed by atoms with Gasteiger partial charge in [0.1, 0.15) is 5.75 Å². The van der Waals surface area contributed by atoms with E-state index in [2.05, 4.69) is 10.1 Å². The summed E-state index contributed by atoms with van der Waals surface area (Å²) in [5.41, 5.74) is 8.41. The van der Waals surface area contributed by atoms with E-state index < -0.39 is 0 Å². The van der Waals surface area contributed by atoms with E-state index in [1.807, 2.05) is 38.1 Å². The van der Waals surface area contributed by atoms with Crippen molar-refractivity contribution in [1.82, 2.24) is 14.8 Å². The molecule has 3 aromatic rings. The second-order valence-corrected chi connectivity index (χ2v) is 4.69. The second-order valence-electron chi connectivity index (χ2n) is 4.69. The van der Waals surface area contributed by atoms with E-state index in [4.69, 9.17) is 10.5 Å². The Morgan fingerprint density at radius 3 is 2.60 bits per heavy atom. The van der Waals surface area contributed by atoms with Crippen molar-refractivity contribution < 1.29 is 4.74 Å². The molecule has 0 spiro atoms. The van der Waals surface area contributed by atoms with Gasteiger partial charge in [0.2, 0.25) is 0 Å². The van der Waals surface area contributed by atoms with Crippen molar-refractivity contribution in [3.63, 3.8) is 0 Å². The lowest BCUT2D eigenvalue weighted by Gasteiger charge is -2.10. The van der Waals surface area contributed by atoms with Gasteiger partial charge in [-0.1, -0.05) is 12.1 Å². The molecule has 2 N–H and O–H groups in total. The van der Waals surface area contributed by atoms with Crippen molar-refractivity contribution in [2.24, 2.45) is 0 Å². The summed E-state index contributed by atoms with van der Waals surface area (Å²) in [6.45, 7) is 3.83. The van der Waals surface area contributed by atoms with Gasteiger partial charge in [-0.05, 0) is 26.0 Å². The van der Waals surface area contributed by atoms with Crippen LogP contribution in [0.3, 0.4) is 0 Å². The Labute approximate surface area is 117 Å². The number of rotatable bonds is 2. The second kappa shape index (κ2) is 4.52. The summed E-state index contributed by atoms with van der Waals surface area (Å²) in [5.74, 6) is 1.58. The zero-order valence-electron chi connectivity index (χ0n) is 11.7. The standard InChI is InChI=1S/C15H16N4O/c1-9-14(16)10(2)19(18-9)15-12-5-4-6-13(20-3)11(12)7-8-17-15/h4-8H,16H2,1-3H3. The molecule has 0 saturated carbocycles. The Morgan fingerprint density at radius 1 is 1.15 bits per heavy atom. The van der Waals surface area contributed by atoms with Crippen LogP contribution in [0, 0.1) is 13.8 Å². The first-order valence-electron chi connectivity index (χ1n) is 6.37. The Balaban J connectivity index is 2.34. The molecule has 0 saturated heterocycles. The van der Waals surface area contributed by atoms with Crippen LogP contribution in [-0.2, 0) is 0 Å². The predicted molar refractivity (Wildman–Crippen MR) is 79.3 cm³/mol.